The second kappa shape index (κ2) is 9.56. The van der Waals surface area contributed by atoms with Crippen molar-refractivity contribution in [2.75, 3.05) is 10.6 Å². The molecule has 0 aliphatic heterocycles. The number of anilines is 3. The first-order valence-corrected chi connectivity index (χ1v) is 11.6. The zero-order chi connectivity index (χ0) is 23.3. The molecular weight excluding hydrogens is 438 g/mol. The summed E-state index contributed by atoms with van der Waals surface area (Å²) in [7, 11) is -3.88. The Morgan fingerprint density at radius 3 is 2.21 bits per heavy atom. The van der Waals surface area contributed by atoms with E-state index in [0.29, 0.717) is 22.7 Å². The molecule has 0 bridgehead atoms. The smallest absolute Gasteiger partial charge is 0.257 e. The molecule has 7 nitrogen and oxygen atoms in total. The van der Waals surface area contributed by atoms with E-state index in [4.69, 9.17) is 9.88 Å². The average molecular weight is 468 g/mol. The van der Waals surface area contributed by atoms with Crippen LogP contribution in [0.3, 0.4) is 0 Å². The summed E-state index contributed by atoms with van der Waals surface area (Å²) in [5.74, 6) is 0.963. The van der Waals surface area contributed by atoms with Crippen LogP contribution >= 0.6 is 0 Å². The van der Waals surface area contributed by atoms with Gasteiger partial charge in [-0.2, -0.15) is 0 Å². The number of hydrogen-bond acceptors (Lipinski definition) is 5. The number of carbonyl (C=O) groups is 1. The molecule has 174 valence electrons. The van der Waals surface area contributed by atoms with E-state index in [-0.39, 0.29) is 10.6 Å². The van der Waals surface area contributed by atoms with E-state index in [2.05, 4.69) is 10.6 Å². The Hall–Kier alpha value is -4.14. The predicted molar refractivity (Wildman–Crippen MR) is 137 cm³/mol. The molecule has 4 aromatic rings. The van der Waals surface area contributed by atoms with Crippen LogP contribution in [0.5, 0.6) is 11.5 Å². The lowest BCUT2D eigenvalue weighted by Crippen LogP contribution is -2.15. The maximum atomic E-state index is 12.9. The summed E-state index contributed by atoms with van der Waals surface area (Å²) in [5, 5.41) is 11.1. The Morgan fingerprint density at radius 2 is 1.42 bits per heavy atom. The molecule has 0 aliphatic carbocycles. The van der Waals surface area contributed by atoms with Gasteiger partial charge in [-0.25, -0.2) is 13.6 Å². The SMILES string of the molecule is NS(=O)(=O)c1cccc(NC(=O)c2ccccc2Nc2cccc(Oc3ccccc3)c2)c1.[HH].[HH].[HH].[HH]. The summed E-state index contributed by atoms with van der Waals surface area (Å²) < 4.78 is 29.0. The molecule has 33 heavy (non-hydrogen) atoms. The van der Waals surface area contributed by atoms with Crippen molar-refractivity contribution in [2.45, 2.75) is 4.90 Å². The average Bonchev–Trinajstić information content (AvgIpc) is 2.80. The minimum Gasteiger partial charge on any atom is -0.457 e. The minimum atomic E-state index is -3.88. The molecule has 4 rings (SSSR count). The van der Waals surface area contributed by atoms with Crippen molar-refractivity contribution in [3.8, 4) is 11.5 Å². The normalized spacial score (nSPS) is 10.9. The van der Waals surface area contributed by atoms with Gasteiger partial charge < -0.3 is 15.4 Å². The number of nitrogens with two attached hydrogens (primary N) is 1. The van der Waals surface area contributed by atoms with Crippen LogP contribution in [0.1, 0.15) is 16.1 Å². The number of benzene rings is 4. The van der Waals surface area contributed by atoms with E-state index >= 15 is 0 Å². The molecule has 8 heteroatoms. The Balaban J connectivity index is 0.00000324. The second-order valence-electron chi connectivity index (χ2n) is 7.14. The highest BCUT2D eigenvalue weighted by atomic mass is 32.2. The summed E-state index contributed by atoms with van der Waals surface area (Å²) in [6.07, 6.45) is 0. The number of carbonyl (C=O) groups excluding carboxylic acids is 1. The first-order chi connectivity index (χ1) is 15.9. The molecule has 0 spiro atoms. The number of hydrogen-bond donors (Lipinski definition) is 3. The summed E-state index contributed by atoms with van der Waals surface area (Å²) in [6.45, 7) is 0. The fraction of sp³-hybridized carbons (Fsp3) is 0. The second-order valence-corrected chi connectivity index (χ2v) is 8.70. The van der Waals surface area contributed by atoms with Gasteiger partial charge >= 0.3 is 0 Å². The van der Waals surface area contributed by atoms with Gasteiger partial charge in [0.15, 0.2) is 0 Å². The Morgan fingerprint density at radius 1 is 0.758 bits per heavy atom. The molecule has 0 radical (unpaired) electrons. The van der Waals surface area contributed by atoms with Gasteiger partial charge in [0.1, 0.15) is 11.5 Å². The quantitative estimate of drug-likeness (QED) is 0.304. The number of amides is 1. The minimum absolute atomic E-state index is 0. The standard InChI is InChI=1S/C25H21N3O4S.4H2/c26-33(30,31)22-13-7-9-19(17-22)28-25(29)23-14-4-5-15-24(23)27-18-8-6-12-21(16-18)32-20-10-2-1-3-11-20;;;;/h1-17,27H,(H,28,29)(H2,26,30,31);4*1H. The van der Waals surface area contributed by atoms with Gasteiger partial charge in [-0.05, 0) is 54.6 Å². The summed E-state index contributed by atoms with van der Waals surface area (Å²) in [4.78, 5) is 12.9. The van der Waals surface area contributed by atoms with Crippen LogP contribution < -0.4 is 20.5 Å². The molecule has 0 atom stereocenters. The summed E-state index contributed by atoms with van der Waals surface area (Å²) >= 11 is 0. The summed E-state index contributed by atoms with van der Waals surface area (Å²) in [6, 6.07) is 29.6. The van der Waals surface area contributed by atoms with E-state index in [0.717, 1.165) is 11.4 Å². The first kappa shape index (κ1) is 22.1. The fourth-order valence-corrected chi connectivity index (χ4v) is 3.72. The summed E-state index contributed by atoms with van der Waals surface area (Å²) in [5.41, 5.74) is 2.02. The molecule has 0 heterocycles. The van der Waals surface area contributed by atoms with Crippen molar-refractivity contribution in [3.05, 3.63) is 109 Å². The maximum Gasteiger partial charge on any atom is 0.257 e. The van der Waals surface area contributed by atoms with Gasteiger partial charge in [0.25, 0.3) is 5.91 Å². The van der Waals surface area contributed by atoms with Gasteiger partial charge in [0, 0.05) is 23.1 Å². The number of sulfonamides is 1. The van der Waals surface area contributed by atoms with E-state index in [9.17, 15) is 13.2 Å². The Kier molecular flexibility index (Phi) is 6.39. The number of rotatable bonds is 7. The predicted octanol–water partition coefficient (Wildman–Crippen LogP) is 6.11. The molecule has 0 aromatic heterocycles. The lowest BCUT2D eigenvalue weighted by molar-refractivity contribution is 0.102. The third kappa shape index (κ3) is 5.76. The zero-order valence-corrected chi connectivity index (χ0v) is 18.3. The lowest BCUT2D eigenvalue weighted by Gasteiger charge is -2.14. The number of nitrogens with one attached hydrogen (secondary N) is 2. The number of para-hydroxylation sites is 2. The highest BCUT2D eigenvalue weighted by Crippen LogP contribution is 2.27. The Labute approximate surface area is 197 Å². The maximum absolute atomic E-state index is 12.9. The van der Waals surface area contributed by atoms with Crippen LogP contribution in [0.4, 0.5) is 17.1 Å². The highest BCUT2D eigenvalue weighted by molar-refractivity contribution is 7.89. The van der Waals surface area contributed by atoms with Crippen LogP contribution in [0.25, 0.3) is 0 Å². The molecule has 4 aromatic carbocycles. The molecule has 0 saturated heterocycles. The molecule has 0 saturated carbocycles. The fourth-order valence-electron chi connectivity index (χ4n) is 3.16. The van der Waals surface area contributed by atoms with Crippen LogP contribution in [-0.4, -0.2) is 14.3 Å². The molecule has 0 aliphatic rings. The van der Waals surface area contributed by atoms with Gasteiger partial charge in [-0.15, -0.1) is 0 Å². The molecule has 1 amide bonds. The third-order valence-corrected chi connectivity index (χ3v) is 5.60. The van der Waals surface area contributed by atoms with Crippen molar-refractivity contribution in [1.82, 2.24) is 0 Å². The highest BCUT2D eigenvalue weighted by Gasteiger charge is 2.14. The van der Waals surface area contributed by atoms with E-state index in [1.807, 2.05) is 60.7 Å². The van der Waals surface area contributed by atoms with Crippen molar-refractivity contribution in [3.63, 3.8) is 0 Å². The van der Waals surface area contributed by atoms with Gasteiger partial charge in [-0.3, -0.25) is 4.79 Å². The van der Waals surface area contributed by atoms with Crippen molar-refractivity contribution in [2.24, 2.45) is 5.14 Å². The topological polar surface area (TPSA) is 111 Å². The van der Waals surface area contributed by atoms with Crippen molar-refractivity contribution < 1.29 is 23.7 Å². The zero-order valence-electron chi connectivity index (χ0n) is 17.4. The first-order valence-electron chi connectivity index (χ1n) is 10.0. The van der Waals surface area contributed by atoms with Crippen molar-refractivity contribution in [1.29, 1.82) is 0 Å². The van der Waals surface area contributed by atoms with Crippen LogP contribution in [0.15, 0.2) is 108 Å². The largest absolute Gasteiger partial charge is 0.457 e. The van der Waals surface area contributed by atoms with Gasteiger partial charge in [0.2, 0.25) is 10.0 Å². The van der Waals surface area contributed by atoms with Gasteiger partial charge in [-0.1, -0.05) is 42.5 Å². The molecular formula is C25H29N3O4S. The monoisotopic (exact) mass is 467 g/mol. The molecule has 0 fully saturated rings. The van der Waals surface area contributed by atoms with E-state index in [1.165, 1.54) is 18.2 Å². The Bertz CT molecular complexity index is 1410. The number of ether oxygens (including phenoxy) is 1. The van der Waals surface area contributed by atoms with E-state index < -0.39 is 15.9 Å². The van der Waals surface area contributed by atoms with Crippen molar-refractivity contribution >= 4 is 33.0 Å². The lowest BCUT2D eigenvalue weighted by atomic mass is 10.1. The van der Waals surface area contributed by atoms with Crippen LogP contribution in [0.2, 0.25) is 0 Å². The third-order valence-electron chi connectivity index (χ3n) is 4.68. The van der Waals surface area contributed by atoms with E-state index in [1.54, 1.807) is 24.3 Å². The van der Waals surface area contributed by atoms with Crippen LogP contribution in [-0.2, 0) is 10.0 Å². The van der Waals surface area contributed by atoms with Gasteiger partial charge in [0.05, 0.1) is 16.1 Å². The molecule has 4 N–H and O–H groups in total. The number of primary sulfonamides is 1. The molecule has 0 unspecified atom stereocenters. The van der Waals surface area contributed by atoms with Crippen LogP contribution in [0, 0.1) is 0 Å².